The van der Waals surface area contributed by atoms with Crippen LogP contribution in [-0.2, 0) is 0 Å². The van der Waals surface area contributed by atoms with Crippen molar-refractivity contribution in [2.24, 2.45) is 0 Å². The van der Waals surface area contributed by atoms with Crippen molar-refractivity contribution in [3.8, 4) is 5.75 Å². The fourth-order valence-electron chi connectivity index (χ4n) is 2.49. The maximum Gasteiger partial charge on any atom is 0.233 e. The second kappa shape index (κ2) is 5.24. The van der Waals surface area contributed by atoms with Gasteiger partial charge in [0.1, 0.15) is 5.75 Å². The molecule has 0 amide bonds. The predicted molar refractivity (Wildman–Crippen MR) is 71.7 cm³/mol. The van der Waals surface area contributed by atoms with Crippen molar-refractivity contribution in [3.05, 3.63) is 38.3 Å². The molecule has 0 saturated carbocycles. The molecule has 1 aliphatic heterocycles. The number of hydrogen-bond donors (Lipinski definition) is 0. The molecule has 0 aromatic heterocycles. The molecule has 1 aromatic carbocycles. The van der Waals surface area contributed by atoms with E-state index < -0.39 is 6.04 Å². The SMILES string of the molecule is COc1ccc(Br)cc1C1CN(C)CC1[N+](=O)[O-]. The highest BCUT2D eigenvalue weighted by Gasteiger charge is 2.41. The van der Waals surface area contributed by atoms with E-state index in [0.717, 1.165) is 10.0 Å². The quantitative estimate of drug-likeness (QED) is 0.633. The molecule has 18 heavy (non-hydrogen) atoms. The number of hydrogen-bond acceptors (Lipinski definition) is 4. The minimum Gasteiger partial charge on any atom is -0.496 e. The molecule has 6 heteroatoms. The molecule has 0 aliphatic carbocycles. The number of ether oxygens (including phenoxy) is 1. The summed E-state index contributed by atoms with van der Waals surface area (Å²) < 4.78 is 6.23. The Hall–Kier alpha value is -1.14. The van der Waals surface area contributed by atoms with Crippen molar-refractivity contribution in [1.29, 1.82) is 0 Å². The summed E-state index contributed by atoms with van der Waals surface area (Å²) >= 11 is 3.41. The van der Waals surface area contributed by atoms with Crippen LogP contribution in [-0.4, -0.2) is 43.1 Å². The highest BCUT2D eigenvalue weighted by Crippen LogP contribution is 2.36. The van der Waals surface area contributed by atoms with Crippen LogP contribution in [0.3, 0.4) is 0 Å². The van der Waals surface area contributed by atoms with Crippen LogP contribution in [0.25, 0.3) is 0 Å². The van der Waals surface area contributed by atoms with Crippen LogP contribution in [0.2, 0.25) is 0 Å². The van der Waals surface area contributed by atoms with Gasteiger partial charge in [0.15, 0.2) is 0 Å². The van der Waals surface area contributed by atoms with Crippen LogP contribution in [0.15, 0.2) is 22.7 Å². The number of benzene rings is 1. The molecule has 0 N–H and O–H groups in total. The minimum atomic E-state index is -0.571. The monoisotopic (exact) mass is 314 g/mol. The molecule has 1 aromatic rings. The fourth-order valence-corrected chi connectivity index (χ4v) is 2.87. The molecule has 98 valence electrons. The highest BCUT2D eigenvalue weighted by molar-refractivity contribution is 9.10. The number of likely N-dealkylation sites (tertiary alicyclic amines) is 1. The maximum atomic E-state index is 11.1. The summed E-state index contributed by atoms with van der Waals surface area (Å²) in [7, 11) is 3.49. The zero-order valence-electron chi connectivity index (χ0n) is 10.3. The van der Waals surface area contributed by atoms with Gasteiger partial charge in [0.05, 0.1) is 19.6 Å². The standard InChI is InChI=1S/C12H15BrN2O3/c1-14-6-10(11(7-14)15(16)17)9-5-8(13)3-4-12(9)18-2/h3-5,10-11H,6-7H2,1-2H3. The van der Waals surface area contributed by atoms with Gasteiger partial charge >= 0.3 is 0 Å². The van der Waals surface area contributed by atoms with Gasteiger partial charge in [-0.2, -0.15) is 0 Å². The van der Waals surface area contributed by atoms with Crippen LogP contribution in [0.1, 0.15) is 11.5 Å². The summed E-state index contributed by atoms with van der Waals surface area (Å²) in [5.41, 5.74) is 0.901. The van der Waals surface area contributed by atoms with Crippen molar-refractivity contribution in [3.63, 3.8) is 0 Å². The van der Waals surface area contributed by atoms with Gasteiger partial charge < -0.3 is 4.74 Å². The van der Waals surface area contributed by atoms with Gasteiger partial charge in [0.25, 0.3) is 0 Å². The van der Waals surface area contributed by atoms with Gasteiger partial charge in [0, 0.05) is 21.5 Å². The topological polar surface area (TPSA) is 55.6 Å². The summed E-state index contributed by atoms with van der Waals surface area (Å²) in [6.45, 7) is 1.16. The van der Waals surface area contributed by atoms with E-state index in [0.29, 0.717) is 18.8 Å². The molecule has 5 nitrogen and oxygen atoms in total. The number of halogens is 1. The second-order valence-electron chi connectivity index (χ2n) is 4.57. The average molecular weight is 315 g/mol. The number of likely N-dealkylation sites (N-methyl/N-ethyl adjacent to an activating group) is 1. The Labute approximate surface area is 114 Å². The Morgan fingerprint density at radius 3 is 2.83 bits per heavy atom. The molecule has 0 radical (unpaired) electrons. The van der Waals surface area contributed by atoms with Gasteiger partial charge in [-0.25, -0.2) is 0 Å². The highest BCUT2D eigenvalue weighted by atomic mass is 79.9. The molecule has 2 rings (SSSR count). The van der Waals surface area contributed by atoms with Crippen LogP contribution in [0, 0.1) is 10.1 Å². The first-order chi connectivity index (χ1) is 8.52. The van der Waals surface area contributed by atoms with Gasteiger partial charge in [0.2, 0.25) is 6.04 Å². The molecule has 0 bridgehead atoms. The van der Waals surface area contributed by atoms with Crippen molar-refractivity contribution in [2.45, 2.75) is 12.0 Å². The first-order valence-electron chi connectivity index (χ1n) is 5.68. The van der Waals surface area contributed by atoms with Crippen LogP contribution in [0.5, 0.6) is 5.75 Å². The Kier molecular flexibility index (Phi) is 3.87. The molecule has 0 spiro atoms. The molecule has 1 saturated heterocycles. The lowest BCUT2D eigenvalue weighted by molar-refractivity contribution is -0.521. The summed E-state index contributed by atoms with van der Waals surface area (Å²) in [4.78, 5) is 12.9. The summed E-state index contributed by atoms with van der Waals surface area (Å²) in [5, 5.41) is 11.1. The number of rotatable bonds is 3. The Balaban J connectivity index is 2.40. The lowest BCUT2D eigenvalue weighted by Crippen LogP contribution is -2.27. The predicted octanol–water partition coefficient (Wildman–Crippen LogP) is 2.13. The van der Waals surface area contributed by atoms with Gasteiger partial charge in [-0.3, -0.25) is 15.0 Å². The fraction of sp³-hybridized carbons (Fsp3) is 0.500. The zero-order chi connectivity index (χ0) is 13.3. The van der Waals surface area contributed by atoms with Gasteiger partial charge in [-0.1, -0.05) is 15.9 Å². The second-order valence-corrected chi connectivity index (χ2v) is 5.48. The van der Waals surface area contributed by atoms with Crippen molar-refractivity contribution < 1.29 is 9.66 Å². The lowest BCUT2D eigenvalue weighted by Gasteiger charge is -2.16. The van der Waals surface area contributed by atoms with Crippen LogP contribution < -0.4 is 4.74 Å². The molecule has 2 atom stereocenters. The van der Waals surface area contributed by atoms with Crippen molar-refractivity contribution in [2.75, 3.05) is 27.2 Å². The largest absolute Gasteiger partial charge is 0.496 e. The van der Waals surface area contributed by atoms with E-state index in [1.807, 2.05) is 30.1 Å². The Morgan fingerprint density at radius 2 is 2.22 bits per heavy atom. The minimum absolute atomic E-state index is 0.127. The van der Waals surface area contributed by atoms with Crippen molar-refractivity contribution in [1.82, 2.24) is 4.90 Å². The van der Waals surface area contributed by atoms with Gasteiger partial charge in [-0.05, 0) is 25.2 Å². The third kappa shape index (κ3) is 2.49. The smallest absolute Gasteiger partial charge is 0.233 e. The summed E-state index contributed by atoms with van der Waals surface area (Å²) in [6.07, 6.45) is 0. The number of nitrogens with zero attached hydrogens (tertiary/aromatic N) is 2. The van der Waals surface area contributed by atoms with Crippen molar-refractivity contribution >= 4 is 15.9 Å². The van der Waals surface area contributed by atoms with Crippen LogP contribution >= 0.6 is 15.9 Å². The third-order valence-corrected chi connectivity index (χ3v) is 3.83. The maximum absolute atomic E-state index is 11.1. The third-order valence-electron chi connectivity index (χ3n) is 3.33. The Bertz CT molecular complexity index is 467. The van der Waals surface area contributed by atoms with Crippen LogP contribution in [0.4, 0.5) is 0 Å². The lowest BCUT2D eigenvalue weighted by atomic mass is 9.94. The normalized spacial score (nSPS) is 24.2. The first kappa shape index (κ1) is 13.3. The number of methoxy groups -OCH3 is 1. The molecular formula is C12H15BrN2O3. The molecular weight excluding hydrogens is 300 g/mol. The van der Waals surface area contributed by atoms with E-state index in [-0.39, 0.29) is 10.8 Å². The van der Waals surface area contributed by atoms with E-state index in [1.165, 1.54) is 0 Å². The molecule has 1 aliphatic rings. The zero-order valence-corrected chi connectivity index (χ0v) is 11.9. The van der Waals surface area contributed by atoms with E-state index in [2.05, 4.69) is 15.9 Å². The average Bonchev–Trinajstić information content (AvgIpc) is 2.71. The summed E-state index contributed by atoms with van der Waals surface area (Å²) in [5.74, 6) is 0.586. The number of nitro groups is 1. The first-order valence-corrected chi connectivity index (χ1v) is 6.47. The molecule has 2 unspecified atom stereocenters. The van der Waals surface area contributed by atoms with E-state index >= 15 is 0 Å². The molecule has 1 fully saturated rings. The van der Waals surface area contributed by atoms with E-state index in [1.54, 1.807) is 7.11 Å². The summed E-state index contributed by atoms with van der Waals surface area (Å²) in [6, 6.07) is 5.06. The Morgan fingerprint density at radius 1 is 1.50 bits per heavy atom. The van der Waals surface area contributed by atoms with E-state index in [9.17, 15) is 10.1 Å². The van der Waals surface area contributed by atoms with Gasteiger partial charge in [-0.15, -0.1) is 0 Å². The molecule has 1 heterocycles. The van der Waals surface area contributed by atoms with E-state index in [4.69, 9.17) is 4.74 Å².